The Balaban J connectivity index is 2.22. The topological polar surface area (TPSA) is 69.1 Å². The number of hydrogen-bond donors (Lipinski definition) is 1. The van der Waals surface area contributed by atoms with Gasteiger partial charge in [-0.05, 0) is 25.0 Å². The Labute approximate surface area is 80.9 Å². The summed E-state index contributed by atoms with van der Waals surface area (Å²) in [6.07, 6.45) is 3.94. The fraction of sp³-hybridized carbons (Fsp3) is 0.444. The summed E-state index contributed by atoms with van der Waals surface area (Å²) in [4.78, 5) is 0. The summed E-state index contributed by atoms with van der Waals surface area (Å²) in [5.41, 5.74) is 6.59. The first-order chi connectivity index (χ1) is 6.86. The van der Waals surface area contributed by atoms with Crippen LogP contribution >= 0.6 is 0 Å². The van der Waals surface area contributed by atoms with E-state index in [1.807, 2.05) is 12.1 Å². The molecule has 5 heteroatoms. The van der Waals surface area contributed by atoms with Gasteiger partial charge in [0.15, 0.2) is 11.5 Å². The fourth-order valence-electron chi connectivity index (χ4n) is 1.74. The highest BCUT2D eigenvalue weighted by Crippen LogP contribution is 2.45. The van der Waals surface area contributed by atoms with Gasteiger partial charge in [0.2, 0.25) is 0 Å². The van der Waals surface area contributed by atoms with Crippen LogP contribution in [0.1, 0.15) is 18.7 Å². The van der Waals surface area contributed by atoms with Gasteiger partial charge in [-0.1, -0.05) is 0 Å². The van der Waals surface area contributed by atoms with Gasteiger partial charge in [0.05, 0.1) is 0 Å². The molecule has 5 nitrogen and oxygen atoms in total. The lowest BCUT2D eigenvalue weighted by Crippen LogP contribution is -2.23. The molecule has 72 valence electrons. The molecule has 0 aromatic carbocycles. The Morgan fingerprint density at radius 2 is 2.29 bits per heavy atom. The molecular weight excluding hydrogens is 178 g/mol. The van der Waals surface area contributed by atoms with Gasteiger partial charge in [0.25, 0.3) is 0 Å². The maximum absolute atomic E-state index is 5.74. The minimum absolute atomic E-state index is 0.0494. The molecule has 0 bridgehead atoms. The van der Waals surface area contributed by atoms with Crippen LogP contribution in [0.3, 0.4) is 0 Å². The molecule has 3 rings (SSSR count). The Hall–Kier alpha value is -1.49. The molecule has 0 unspecified atom stereocenters. The number of nitrogens with zero attached hydrogens (tertiary/aromatic N) is 4. The van der Waals surface area contributed by atoms with Crippen LogP contribution in [0.2, 0.25) is 0 Å². The van der Waals surface area contributed by atoms with Crippen molar-refractivity contribution in [2.45, 2.75) is 18.3 Å². The number of nitrogens with two attached hydrogens (primary N) is 1. The van der Waals surface area contributed by atoms with Crippen molar-refractivity contribution >= 4 is 5.65 Å². The minimum atomic E-state index is 0.0494. The molecule has 0 atom stereocenters. The molecule has 1 aliphatic carbocycles. The van der Waals surface area contributed by atoms with Crippen molar-refractivity contribution in [3.63, 3.8) is 0 Å². The van der Waals surface area contributed by atoms with Crippen molar-refractivity contribution in [2.24, 2.45) is 5.73 Å². The van der Waals surface area contributed by atoms with Gasteiger partial charge < -0.3 is 5.73 Å². The standard InChI is InChI=1S/C9H11N5/c10-6-9(3-4-9)8-13-12-7-2-1-5-11-14(7)8/h1-2,5H,3-4,6,10H2. The minimum Gasteiger partial charge on any atom is -0.329 e. The van der Waals surface area contributed by atoms with Crippen LogP contribution in [-0.4, -0.2) is 26.4 Å². The Bertz CT molecular complexity index is 471. The highest BCUT2D eigenvalue weighted by molar-refractivity contribution is 5.37. The molecule has 2 N–H and O–H groups in total. The third kappa shape index (κ3) is 0.899. The summed E-state index contributed by atoms with van der Waals surface area (Å²) in [7, 11) is 0. The van der Waals surface area contributed by atoms with Crippen LogP contribution in [0.25, 0.3) is 5.65 Å². The van der Waals surface area contributed by atoms with Gasteiger partial charge in [-0.15, -0.1) is 10.2 Å². The van der Waals surface area contributed by atoms with Gasteiger partial charge in [-0.2, -0.15) is 9.61 Å². The highest BCUT2D eigenvalue weighted by Gasteiger charge is 2.47. The van der Waals surface area contributed by atoms with Crippen LogP contribution in [0.15, 0.2) is 18.3 Å². The smallest absolute Gasteiger partial charge is 0.177 e. The SMILES string of the molecule is NCC1(c2nnc3cccnn23)CC1. The second-order valence-electron chi connectivity index (χ2n) is 3.80. The van der Waals surface area contributed by atoms with E-state index >= 15 is 0 Å². The van der Waals surface area contributed by atoms with Gasteiger partial charge in [-0.3, -0.25) is 0 Å². The molecule has 1 saturated carbocycles. The van der Waals surface area contributed by atoms with E-state index in [-0.39, 0.29) is 5.41 Å². The summed E-state index contributed by atoms with van der Waals surface area (Å²) < 4.78 is 1.79. The van der Waals surface area contributed by atoms with E-state index in [4.69, 9.17) is 5.73 Å². The van der Waals surface area contributed by atoms with E-state index in [0.717, 1.165) is 24.3 Å². The highest BCUT2D eigenvalue weighted by atomic mass is 15.4. The lowest BCUT2D eigenvalue weighted by atomic mass is 10.1. The quantitative estimate of drug-likeness (QED) is 0.728. The Morgan fingerprint density at radius 1 is 1.43 bits per heavy atom. The van der Waals surface area contributed by atoms with E-state index < -0.39 is 0 Å². The van der Waals surface area contributed by atoms with Crippen LogP contribution in [0.5, 0.6) is 0 Å². The van der Waals surface area contributed by atoms with Gasteiger partial charge in [-0.25, -0.2) is 0 Å². The summed E-state index contributed by atoms with van der Waals surface area (Å²) in [5, 5.41) is 12.5. The second-order valence-corrected chi connectivity index (χ2v) is 3.80. The van der Waals surface area contributed by atoms with Crippen molar-refractivity contribution in [2.75, 3.05) is 6.54 Å². The molecule has 2 aromatic rings. The summed E-state index contributed by atoms with van der Waals surface area (Å²) in [5.74, 6) is 0.913. The van der Waals surface area contributed by atoms with Crippen molar-refractivity contribution in [1.29, 1.82) is 0 Å². The zero-order valence-electron chi connectivity index (χ0n) is 7.72. The molecule has 0 radical (unpaired) electrons. The van der Waals surface area contributed by atoms with Gasteiger partial charge in [0.1, 0.15) is 0 Å². The molecule has 0 spiro atoms. The molecule has 1 fully saturated rings. The first-order valence-corrected chi connectivity index (χ1v) is 4.73. The fourth-order valence-corrected chi connectivity index (χ4v) is 1.74. The second kappa shape index (κ2) is 2.51. The van der Waals surface area contributed by atoms with Crippen LogP contribution in [0.4, 0.5) is 0 Å². The Morgan fingerprint density at radius 3 is 3.00 bits per heavy atom. The maximum atomic E-state index is 5.74. The first-order valence-electron chi connectivity index (χ1n) is 4.73. The number of fused-ring (bicyclic) bond motifs is 1. The molecular formula is C9H11N5. The lowest BCUT2D eigenvalue weighted by molar-refractivity contribution is 0.620. The summed E-state index contributed by atoms with van der Waals surface area (Å²) >= 11 is 0. The maximum Gasteiger partial charge on any atom is 0.177 e. The number of rotatable bonds is 2. The normalized spacial score (nSPS) is 18.6. The summed E-state index contributed by atoms with van der Waals surface area (Å²) in [6.45, 7) is 0.629. The number of hydrogen-bond acceptors (Lipinski definition) is 4. The largest absolute Gasteiger partial charge is 0.329 e. The number of aromatic nitrogens is 4. The van der Waals surface area contributed by atoms with Crippen LogP contribution < -0.4 is 5.73 Å². The van der Waals surface area contributed by atoms with Gasteiger partial charge >= 0.3 is 0 Å². The molecule has 2 aromatic heterocycles. The van der Waals surface area contributed by atoms with Crippen molar-refractivity contribution < 1.29 is 0 Å². The molecule has 0 amide bonds. The monoisotopic (exact) mass is 189 g/mol. The zero-order valence-corrected chi connectivity index (χ0v) is 7.72. The van der Waals surface area contributed by atoms with E-state index in [9.17, 15) is 0 Å². The van der Waals surface area contributed by atoms with E-state index in [1.54, 1.807) is 10.7 Å². The zero-order chi connectivity index (χ0) is 9.60. The summed E-state index contributed by atoms with van der Waals surface area (Å²) in [6, 6.07) is 3.76. The van der Waals surface area contributed by atoms with Crippen molar-refractivity contribution in [3.8, 4) is 0 Å². The molecule has 2 heterocycles. The van der Waals surface area contributed by atoms with Gasteiger partial charge in [0, 0.05) is 18.2 Å². The van der Waals surface area contributed by atoms with E-state index in [2.05, 4.69) is 15.3 Å². The van der Waals surface area contributed by atoms with Crippen molar-refractivity contribution in [1.82, 2.24) is 19.8 Å². The predicted molar refractivity (Wildman–Crippen MR) is 50.7 cm³/mol. The average Bonchev–Trinajstić information content (AvgIpc) is 2.91. The molecule has 14 heavy (non-hydrogen) atoms. The first kappa shape index (κ1) is 7.87. The van der Waals surface area contributed by atoms with E-state index in [1.165, 1.54) is 0 Å². The van der Waals surface area contributed by atoms with Crippen molar-refractivity contribution in [3.05, 3.63) is 24.2 Å². The third-order valence-corrected chi connectivity index (χ3v) is 2.90. The van der Waals surface area contributed by atoms with Crippen LogP contribution in [-0.2, 0) is 5.41 Å². The molecule has 0 saturated heterocycles. The average molecular weight is 189 g/mol. The molecule has 0 aliphatic heterocycles. The lowest BCUT2D eigenvalue weighted by Gasteiger charge is -2.07. The van der Waals surface area contributed by atoms with Crippen LogP contribution in [0, 0.1) is 0 Å². The van der Waals surface area contributed by atoms with E-state index in [0.29, 0.717) is 6.54 Å². The third-order valence-electron chi connectivity index (χ3n) is 2.90. The predicted octanol–water partition coefficient (Wildman–Crippen LogP) is 0.115. The Kier molecular flexibility index (Phi) is 1.41. The molecule has 1 aliphatic rings.